The highest BCUT2D eigenvalue weighted by Gasteiger charge is 2.64. The number of aliphatic hydroxyl groups is 1. The summed E-state index contributed by atoms with van der Waals surface area (Å²) in [6, 6.07) is 4.44. The van der Waals surface area contributed by atoms with Gasteiger partial charge < -0.3 is 19.6 Å². The molecular weight excluding hydrogens is 316 g/mol. The number of ether oxygens (including phenoxy) is 1. The fourth-order valence-electron chi connectivity index (χ4n) is 5.66. The Morgan fingerprint density at radius 2 is 2.16 bits per heavy atom. The maximum Gasteiger partial charge on any atom is 0.257 e. The molecule has 132 valence electrons. The van der Waals surface area contributed by atoms with Crippen molar-refractivity contribution in [3.8, 4) is 5.75 Å². The van der Waals surface area contributed by atoms with Crippen LogP contribution in [0.3, 0.4) is 0 Å². The molecule has 2 aliphatic heterocycles. The molecule has 4 aliphatic rings. The van der Waals surface area contributed by atoms with Gasteiger partial charge in [-0.3, -0.25) is 4.79 Å². The second-order valence-corrected chi connectivity index (χ2v) is 8.16. The van der Waals surface area contributed by atoms with Crippen LogP contribution in [0.2, 0.25) is 0 Å². The van der Waals surface area contributed by atoms with E-state index in [-0.39, 0.29) is 17.4 Å². The van der Waals surface area contributed by atoms with Crippen LogP contribution in [0.15, 0.2) is 24.3 Å². The second-order valence-electron chi connectivity index (χ2n) is 8.16. The third-order valence-corrected chi connectivity index (χ3v) is 6.81. The highest BCUT2D eigenvalue weighted by molar-refractivity contribution is 5.98. The number of likely N-dealkylation sites (N-methyl/N-ethyl adjacent to an activating group) is 1. The van der Waals surface area contributed by atoms with Crippen LogP contribution in [-0.2, 0) is 11.8 Å². The Labute approximate surface area is 147 Å². The van der Waals surface area contributed by atoms with Gasteiger partial charge in [0.25, 0.3) is 5.91 Å². The first-order chi connectivity index (χ1) is 11.9. The van der Waals surface area contributed by atoms with Gasteiger partial charge in [-0.15, -0.1) is 0 Å². The molecule has 5 nitrogen and oxygen atoms in total. The maximum atomic E-state index is 12.7. The summed E-state index contributed by atoms with van der Waals surface area (Å²) in [4.78, 5) is 16.7. The van der Waals surface area contributed by atoms with Crippen molar-refractivity contribution in [1.82, 2.24) is 9.80 Å². The van der Waals surface area contributed by atoms with Crippen molar-refractivity contribution in [2.24, 2.45) is 5.92 Å². The Morgan fingerprint density at radius 3 is 2.92 bits per heavy atom. The molecule has 2 aliphatic carbocycles. The molecule has 0 aromatic heterocycles. The monoisotopic (exact) mass is 340 g/mol. The fraction of sp³-hybridized carbons (Fsp3) is 0.550. The van der Waals surface area contributed by atoms with Gasteiger partial charge in [0.1, 0.15) is 18.0 Å². The predicted molar refractivity (Wildman–Crippen MR) is 93.9 cm³/mol. The van der Waals surface area contributed by atoms with Crippen molar-refractivity contribution >= 4 is 5.91 Å². The average molecular weight is 340 g/mol. The molecule has 1 saturated heterocycles. The lowest BCUT2D eigenvalue weighted by Crippen LogP contribution is -2.64. The van der Waals surface area contributed by atoms with E-state index in [1.54, 1.807) is 19.0 Å². The maximum absolute atomic E-state index is 12.7. The summed E-state index contributed by atoms with van der Waals surface area (Å²) in [6.07, 6.45) is 5.10. The topological polar surface area (TPSA) is 53.0 Å². The standard InChI is InChI=1S/C20H24N2O3/c1-21(2)19(24)12-5-4-11-10-14-13-6-7-15(23)18-20(13,8-9-22(14)3)16(11)17(12)25-18/h4-7,13-15,18,23H,8-10H2,1-3H3/t13?,14?,15?,18?,20-/m0/s1. The van der Waals surface area contributed by atoms with Crippen molar-refractivity contribution in [2.45, 2.75) is 36.5 Å². The molecule has 1 fully saturated rings. The molecular formula is C20H24N2O3. The summed E-state index contributed by atoms with van der Waals surface area (Å²) in [5.74, 6) is 1.01. The van der Waals surface area contributed by atoms with Crippen LogP contribution in [0.4, 0.5) is 0 Å². The Kier molecular flexibility index (Phi) is 3.00. The largest absolute Gasteiger partial charge is 0.485 e. The summed E-state index contributed by atoms with van der Waals surface area (Å²) in [6.45, 7) is 0.992. The van der Waals surface area contributed by atoms with Crippen LogP contribution >= 0.6 is 0 Å². The lowest BCUT2D eigenvalue weighted by atomic mass is 9.53. The highest BCUT2D eigenvalue weighted by Crippen LogP contribution is 2.61. The van der Waals surface area contributed by atoms with E-state index in [1.807, 2.05) is 12.1 Å². The summed E-state index contributed by atoms with van der Waals surface area (Å²) in [5.41, 5.74) is 2.90. The number of amides is 1. The fourth-order valence-corrected chi connectivity index (χ4v) is 5.66. The summed E-state index contributed by atoms with van der Waals surface area (Å²) in [5, 5.41) is 10.7. The van der Waals surface area contributed by atoms with E-state index in [0.29, 0.717) is 17.5 Å². The molecule has 2 bridgehead atoms. The number of nitrogens with zero attached hydrogens (tertiary/aromatic N) is 2. The molecule has 0 saturated carbocycles. The molecule has 5 atom stereocenters. The Balaban J connectivity index is 1.78. The third-order valence-electron chi connectivity index (χ3n) is 6.81. The summed E-state index contributed by atoms with van der Waals surface area (Å²) in [7, 11) is 5.72. The van der Waals surface area contributed by atoms with E-state index in [4.69, 9.17) is 4.74 Å². The van der Waals surface area contributed by atoms with Gasteiger partial charge in [-0.2, -0.15) is 0 Å². The van der Waals surface area contributed by atoms with Gasteiger partial charge in [0.05, 0.1) is 5.56 Å². The number of aliphatic hydroxyl groups excluding tert-OH is 1. The molecule has 0 radical (unpaired) electrons. The van der Waals surface area contributed by atoms with Gasteiger partial charge >= 0.3 is 0 Å². The average Bonchev–Trinajstić information content (AvgIpc) is 2.94. The van der Waals surface area contributed by atoms with Crippen molar-refractivity contribution < 1.29 is 14.6 Å². The van der Waals surface area contributed by atoms with Crippen LogP contribution in [0.25, 0.3) is 0 Å². The number of likely N-dealkylation sites (tertiary alicyclic amines) is 1. The van der Waals surface area contributed by atoms with Gasteiger partial charge in [0, 0.05) is 37.0 Å². The number of rotatable bonds is 1. The zero-order valence-electron chi connectivity index (χ0n) is 14.9. The molecule has 2 heterocycles. The number of benzene rings is 1. The quantitative estimate of drug-likeness (QED) is 0.781. The first kappa shape index (κ1) is 15.4. The van der Waals surface area contributed by atoms with E-state index in [0.717, 1.165) is 25.1 Å². The number of hydrogen-bond donors (Lipinski definition) is 1. The zero-order valence-corrected chi connectivity index (χ0v) is 14.9. The van der Waals surface area contributed by atoms with E-state index in [2.05, 4.69) is 24.1 Å². The Hall–Kier alpha value is -1.85. The normalized spacial score (nSPS) is 37.4. The highest BCUT2D eigenvalue weighted by atomic mass is 16.5. The van der Waals surface area contributed by atoms with Crippen LogP contribution in [0, 0.1) is 5.92 Å². The molecule has 5 rings (SSSR count). The molecule has 25 heavy (non-hydrogen) atoms. The van der Waals surface area contributed by atoms with E-state index < -0.39 is 6.10 Å². The van der Waals surface area contributed by atoms with Crippen molar-refractivity contribution in [1.29, 1.82) is 0 Å². The van der Waals surface area contributed by atoms with Gasteiger partial charge in [-0.05, 0) is 38.1 Å². The number of hydrogen-bond acceptors (Lipinski definition) is 4. The number of carbonyl (C=O) groups excluding carboxylic acids is 1. The van der Waals surface area contributed by atoms with Gasteiger partial charge in [-0.1, -0.05) is 18.2 Å². The number of carbonyl (C=O) groups is 1. The van der Waals surface area contributed by atoms with Gasteiger partial charge in [0.15, 0.2) is 0 Å². The third kappa shape index (κ3) is 1.73. The minimum absolute atomic E-state index is 0.0399. The van der Waals surface area contributed by atoms with Crippen molar-refractivity contribution in [2.75, 3.05) is 27.7 Å². The van der Waals surface area contributed by atoms with Crippen LogP contribution < -0.4 is 4.74 Å². The number of piperidine rings is 1. The van der Waals surface area contributed by atoms with E-state index in [9.17, 15) is 9.90 Å². The van der Waals surface area contributed by atoms with Crippen molar-refractivity contribution in [3.05, 3.63) is 41.0 Å². The molecule has 1 amide bonds. The summed E-state index contributed by atoms with van der Waals surface area (Å²) >= 11 is 0. The molecule has 1 N–H and O–H groups in total. The first-order valence-corrected chi connectivity index (χ1v) is 9.06. The van der Waals surface area contributed by atoms with Crippen LogP contribution in [0.5, 0.6) is 5.75 Å². The summed E-state index contributed by atoms with van der Waals surface area (Å²) < 4.78 is 6.36. The van der Waals surface area contributed by atoms with Crippen LogP contribution in [0.1, 0.15) is 27.9 Å². The lowest BCUT2D eigenvalue weighted by molar-refractivity contribution is -0.0451. The SMILES string of the molecule is CN(C)C(=O)c1ccc2c3c1OC1C(O)C=CC4C(C2)N(C)CC[C@@]341. The minimum atomic E-state index is -0.624. The van der Waals surface area contributed by atoms with Gasteiger partial charge in [0.2, 0.25) is 0 Å². The zero-order chi connectivity index (χ0) is 17.5. The molecule has 1 aromatic rings. The van der Waals surface area contributed by atoms with Gasteiger partial charge in [-0.25, -0.2) is 0 Å². The Bertz CT molecular complexity index is 802. The second kappa shape index (κ2) is 4.86. The molecule has 1 aromatic carbocycles. The predicted octanol–water partition coefficient (Wildman–Crippen LogP) is 1.19. The molecule has 1 spiro atoms. The van der Waals surface area contributed by atoms with E-state index in [1.165, 1.54) is 11.1 Å². The lowest BCUT2D eigenvalue weighted by Gasteiger charge is -2.56. The van der Waals surface area contributed by atoms with Crippen LogP contribution in [-0.4, -0.2) is 66.8 Å². The minimum Gasteiger partial charge on any atom is -0.485 e. The smallest absolute Gasteiger partial charge is 0.257 e. The first-order valence-electron chi connectivity index (χ1n) is 9.06. The van der Waals surface area contributed by atoms with Crippen molar-refractivity contribution in [3.63, 3.8) is 0 Å². The van der Waals surface area contributed by atoms with E-state index >= 15 is 0 Å². The Morgan fingerprint density at radius 1 is 1.36 bits per heavy atom. The molecule has 5 heteroatoms. The molecule has 4 unspecified atom stereocenters.